The largest absolute Gasteiger partial charge is 0.387 e. The highest BCUT2D eigenvalue weighted by molar-refractivity contribution is 7.99. The van der Waals surface area contributed by atoms with Crippen molar-refractivity contribution in [3.63, 3.8) is 0 Å². The first-order valence-corrected chi connectivity index (χ1v) is 8.16. The maximum Gasteiger partial charge on any atom is 0.129 e. The summed E-state index contributed by atoms with van der Waals surface area (Å²) < 4.78 is 13.7. The molecule has 2 nitrogen and oxygen atoms in total. The lowest BCUT2D eigenvalue weighted by Crippen LogP contribution is -2.08. The zero-order valence-corrected chi connectivity index (χ0v) is 12.3. The lowest BCUT2D eigenvalue weighted by molar-refractivity contribution is 0.178. The lowest BCUT2D eigenvalue weighted by Gasteiger charge is -2.21. The second-order valence-corrected chi connectivity index (χ2v) is 6.47. The van der Waals surface area contributed by atoms with Crippen LogP contribution in [0.2, 0.25) is 0 Å². The minimum atomic E-state index is -1.03. The Balaban J connectivity index is 1.98. The number of benzene rings is 1. The molecular formula is C16H20FNOS. The van der Waals surface area contributed by atoms with Gasteiger partial charge in [-0.15, -0.1) is 11.8 Å². The van der Waals surface area contributed by atoms with Crippen LogP contribution in [0.4, 0.5) is 4.39 Å². The highest BCUT2D eigenvalue weighted by atomic mass is 32.2. The second-order valence-electron chi connectivity index (χ2n) is 5.38. The summed E-state index contributed by atoms with van der Waals surface area (Å²) >= 11 is 1.72. The molecule has 20 heavy (non-hydrogen) atoms. The zero-order valence-electron chi connectivity index (χ0n) is 11.5. The molecule has 1 aromatic rings. The predicted molar refractivity (Wildman–Crippen MR) is 78.9 cm³/mol. The third-order valence-electron chi connectivity index (χ3n) is 3.82. The third-order valence-corrected chi connectivity index (χ3v) is 5.05. The van der Waals surface area contributed by atoms with Gasteiger partial charge in [-0.25, -0.2) is 4.39 Å². The van der Waals surface area contributed by atoms with Crippen molar-refractivity contribution in [1.29, 1.82) is 5.26 Å². The van der Waals surface area contributed by atoms with Crippen LogP contribution in [0.25, 0.3) is 0 Å². The van der Waals surface area contributed by atoms with Gasteiger partial charge in [-0.05, 0) is 37.0 Å². The molecule has 0 aromatic heterocycles. The fourth-order valence-corrected chi connectivity index (χ4v) is 3.77. The van der Waals surface area contributed by atoms with Crippen LogP contribution in [-0.2, 0) is 0 Å². The molecule has 0 aliphatic heterocycles. The summed E-state index contributed by atoms with van der Waals surface area (Å²) in [5.74, 6) is 1.38. The molecule has 0 radical (unpaired) electrons. The van der Waals surface area contributed by atoms with Crippen LogP contribution in [0.5, 0.6) is 0 Å². The lowest BCUT2D eigenvalue weighted by atomic mass is 9.91. The van der Waals surface area contributed by atoms with Gasteiger partial charge in [-0.1, -0.05) is 19.3 Å². The second kappa shape index (κ2) is 7.66. The van der Waals surface area contributed by atoms with E-state index in [1.54, 1.807) is 23.9 Å². The molecule has 0 saturated heterocycles. The zero-order chi connectivity index (χ0) is 14.4. The predicted octanol–water partition coefficient (Wildman–Crippen LogP) is 4.45. The number of halogens is 1. The number of rotatable bonds is 5. The van der Waals surface area contributed by atoms with Crippen LogP contribution in [0.1, 0.15) is 50.2 Å². The topological polar surface area (TPSA) is 44.0 Å². The normalized spacial score (nSPS) is 17.6. The van der Waals surface area contributed by atoms with E-state index in [4.69, 9.17) is 5.26 Å². The Hall–Kier alpha value is -1.05. The molecule has 108 valence electrons. The van der Waals surface area contributed by atoms with Gasteiger partial charge in [-0.2, -0.15) is 5.26 Å². The van der Waals surface area contributed by atoms with E-state index in [1.165, 1.54) is 38.2 Å². The molecule has 1 N–H and O–H groups in total. The standard InChI is InChI=1S/C16H20FNOS/c17-15-7-6-13(10-14(15)16(19)8-9-18)20-11-12-4-2-1-3-5-12/h6-7,10,12,16,19H,1-5,8,11H2. The Kier molecular flexibility index (Phi) is 5.87. The summed E-state index contributed by atoms with van der Waals surface area (Å²) in [7, 11) is 0. The Morgan fingerprint density at radius 1 is 1.35 bits per heavy atom. The SMILES string of the molecule is N#CCC(O)c1cc(SCC2CCCCC2)ccc1F. The molecule has 0 spiro atoms. The van der Waals surface area contributed by atoms with E-state index < -0.39 is 11.9 Å². The van der Waals surface area contributed by atoms with Gasteiger partial charge < -0.3 is 5.11 Å². The van der Waals surface area contributed by atoms with E-state index in [0.29, 0.717) is 0 Å². The number of aliphatic hydroxyl groups excluding tert-OH is 1. The van der Waals surface area contributed by atoms with Crippen LogP contribution in [-0.4, -0.2) is 10.9 Å². The van der Waals surface area contributed by atoms with Crippen LogP contribution in [0, 0.1) is 23.1 Å². The van der Waals surface area contributed by atoms with Gasteiger partial charge in [0.15, 0.2) is 0 Å². The Labute approximate surface area is 124 Å². The van der Waals surface area contributed by atoms with E-state index in [-0.39, 0.29) is 12.0 Å². The average molecular weight is 293 g/mol. The Bertz CT molecular complexity index is 480. The molecule has 1 aliphatic carbocycles. The molecule has 1 fully saturated rings. The molecule has 4 heteroatoms. The van der Waals surface area contributed by atoms with Gasteiger partial charge in [-0.3, -0.25) is 0 Å². The van der Waals surface area contributed by atoms with E-state index in [9.17, 15) is 9.50 Å². The number of nitrogens with zero attached hydrogens (tertiary/aromatic N) is 1. The van der Waals surface area contributed by atoms with Gasteiger partial charge >= 0.3 is 0 Å². The molecule has 0 heterocycles. The van der Waals surface area contributed by atoms with Crippen molar-refractivity contribution < 1.29 is 9.50 Å². The van der Waals surface area contributed by atoms with Crippen molar-refractivity contribution in [3.8, 4) is 6.07 Å². The number of nitriles is 1. The monoisotopic (exact) mass is 293 g/mol. The van der Waals surface area contributed by atoms with Crippen LogP contribution >= 0.6 is 11.8 Å². The van der Waals surface area contributed by atoms with Crippen molar-refractivity contribution in [1.82, 2.24) is 0 Å². The van der Waals surface area contributed by atoms with Crippen LogP contribution < -0.4 is 0 Å². The first kappa shape index (κ1) is 15.3. The molecule has 0 bridgehead atoms. The van der Waals surface area contributed by atoms with E-state index in [2.05, 4.69) is 0 Å². The molecule has 1 atom stereocenters. The van der Waals surface area contributed by atoms with Gasteiger partial charge in [0.1, 0.15) is 5.82 Å². The maximum absolute atomic E-state index is 13.7. The smallest absolute Gasteiger partial charge is 0.129 e. The van der Waals surface area contributed by atoms with Crippen molar-refractivity contribution in [3.05, 3.63) is 29.6 Å². The van der Waals surface area contributed by atoms with Gasteiger partial charge in [0.2, 0.25) is 0 Å². The van der Waals surface area contributed by atoms with Gasteiger partial charge in [0.25, 0.3) is 0 Å². The van der Waals surface area contributed by atoms with Gasteiger partial charge in [0, 0.05) is 16.2 Å². The average Bonchev–Trinajstić information content (AvgIpc) is 2.47. The van der Waals surface area contributed by atoms with E-state index in [1.807, 2.05) is 6.07 Å². The van der Waals surface area contributed by atoms with E-state index in [0.717, 1.165) is 16.6 Å². The number of hydrogen-bond acceptors (Lipinski definition) is 3. The minimum Gasteiger partial charge on any atom is -0.387 e. The maximum atomic E-state index is 13.7. The molecule has 1 aliphatic rings. The fourth-order valence-electron chi connectivity index (χ4n) is 2.63. The van der Waals surface area contributed by atoms with Crippen molar-refractivity contribution >= 4 is 11.8 Å². The minimum absolute atomic E-state index is 0.0757. The quantitative estimate of drug-likeness (QED) is 0.816. The summed E-state index contributed by atoms with van der Waals surface area (Å²) in [4.78, 5) is 0.976. The number of thioether (sulfide) groups is 1. The number of hydrogen-bond donors (Lipinski definition) is 1. The number of aliphatic hydroxyl groups is 1. The summed E-state index contributed by atoms with van der Waals surface area (Å²) in [6.45, 7) is 0. The van der Waals surface area contributed by atoms with Crippen LogP contribution in [0.15, 0.2) is 23.1 Å². The third kappa shape index (κ3) is 4.22. The molecule has 0 amide bonds. The van der Waals surface area contributed by atoms with Gasteiger partial charge in [0.05, 0.1) is 18.6 Å². The fraction of sp³-hybridized carbons (Fsp3) is 0.562. The van der Waals surface area contributed by atoms with Crippen LogP contribution in [0.3, 0.4) is 0 Å². The first-order chi connectivity index (χ1) is 9.70. The molecule has 2 rings (SSSR count). The van der Waals surface area contributed by atoms with Crippen molar-refractivity contribution in [2.45, 2.75) is 49.5 Å². The highest BCUT2D eigenvalue weighted by Crippen LogP contribution is 2.31. The summed E-state index contributed by atoms with van der Waals surface area (Å²) in [6.07, 6.45) is 5.46. The van der Waals surface area contributed by atoms with E-state index >= 15 is 0 Å². The summed E-state index contributed by atoms with van der Waals surface area (Å²) in [6, 6.07) is 6.70. The van der Waals surface area contributed by atoms with Crippen molar-refractivity contribution in [2.24, 2.45) is 5.92 Å². The Morgan fingerprint density at radius 3 is 2.80 bits per heavy atom. The summed E-state index contributed by atoms with van der Waals surface area (Å²) in [5, 5.41) is 18.4. The Morgan fingerprint density at radius 2 is 2.10 bits per heavy atom. The molecule has 1 unspecified atom stereocenters. The molecular weight excluding hydrogens is 273 g/mol. The molecule has 1 saturated carbocycles. The molecule has 1 aromatic carbocycles. The summed E-state index contributed by atoms with van der Waals surface area (Å²) in [5.41, 5.74) is 0.236. The first-order valence-electron chi connectivity index (χ1n) is 7.18. The van der Waals surface area contributed by atoms with Crippen molar-refractivity contribution in [2.75, 3.05) is 5.75 Å². The highest BCUT2D eigenvalue weighted by Gasteiger charge is 2.16.